The molecule has 7 nitrogen and oxygen atoms in total. The summed E-state index contributed by atoms with van der Waals surface area (Å²) < 4.78 is 20.9. The second-order valence-corrected chi connectivity index (χ2v) is 6.44. The molecule has 2 aromatic carbocycles. The first kappa shape index (κ1) is 19.8. The summed E-state index contributed by atoms with van der Waals surface area (Å²) in [5, 5.41) is 0.572. The SMILES string of the molecule is CCN(Cc1ccc2c(c1)OCO2)C(=O)COC(=O)COc1ccc(Cl)cc1. The number of halogens is 1. The van der Waals surface area contributed by atoms with Gasteiger partial charge in [0.25, 0.3) is 5.91 Å². The van der Waals surface area contributed by atoms with E-state index in [0.29, 0.717) is 35.4 Å². The van der Waals surface area contributed by atoms with Gasteiger partial charge in [0, 0.05) is 18.1 Å². The van der Waals surface area contributed by atoms with Gasteiger partial charge in [-0.2, -0.15) is 0 Å². The van der Waals surface area contributed by atoms with Crippen LogP contribution in [0.25, 0.3) is 0 Å². The van der Waals surface area contributed by atoms with Crippen molar-refractivity contribution in [3.63, 3.8) is 0 Å². The third kappa shape index (κ3) is 5.29. The maximum absolute atomic E-state index is 12.4. The van der Waals surface area contributed by atoms with Crippen LogP contribution in [0.15, 0.2) is 42.5 Å². The molecule has 1 heterocycles. The average Bonchev–Trinajstić information content (AvgIpc) is 3.17. The number of likely N-dealkylation sites (N-methyl/N-ethyl adjacent to an activating group) is 1. The van der Waals surface area contributed by atoms with Crippen molar-refractivity contribution < 1.29 is 28.5 Å². The highest BCUT2D eigenvalue weighted by atomic mass is 35.5. The lowest BCUT2D eigenvalue weighted by Crippen LogP contribution is -2.34. The quantitative estimate of drug-likeness (QED) is 0.628. The minimum absolute atomic E-state index is 0.198. The molecule has 2 aromatic rings. The molecule has 0 atom stereocenters. The lowest BCUT2D eigenvalue weighted by atomic mass is 10.2. The zero-order chi connectivity index (χ0) is 19.9. The smallest absolute Gasteiger partial charge is 0.344 e. The van der Waals surface area contributed by atoms with E-state index in [9.17, 15) is 9.59 Å². The van der Waals surface area contributed by atoms with E-state index in [1.807, 2.05) is 25.1 Å². The van der Waals surface area contributed by atoms with Crippen LogP contribution in [0, 0.1) is 0 Å². The van der Waals surface area contributed by atoms with Gasteiger partial charge in [-0.05, 0) is 48.9 Å². The molecule has 0 spiro atoms. The Kier molecular flexibility index (Phi) is 6.60. The van der Waals surface area contributed by atoms with E-state index in [2.05, 4.69) is 0 Å². The number of carbonyl (C=O) groups is 2. The Balaban J connectivity index is 1.45. The standard InChI is InChI=1S/C20H20ClNO6/c1-2-22(10-14-3-8-17-18(9-14)28-13-27-17)19(23)11-26-20(24)12-25-16-6-4-15(21)5-7-16/h3-9H,2,10-13H2,1H3. The molecule has 0 fully saturated rings. The number of ether oxygens (including phenoxy) is 4. The van der Waals surface area contributed by atoms with Crippen molar-refractivity contribution in [2.75, 3.05) is 26.6 Å². The van der Waals surface area contributed by atoms with Crippen LogP contribution in [-0.4, -0.2) is 43.3 Å². The van der Waals surface area contributed by atoms with Gasteiger partial charge in [0.2, 0.25) is 6.79 Å². The fourth-order valence-corrected chi connectivity index (χ4v) is 2.71. The van der Waals surface area contributed by atoms with Crippen molar-refractivity contribution in [3.8, 4) is 17.2 Å². The number of nitrogens with zero attached hydrogens (tertiary/aromatic N) is 1. The Morgan fingerprint density at radius 2 is 1.82 bits per heavy atom. The summed E-state index contributed by atoms with van der Waals surface area (Å²) in [5.74, 6) is 0.924. The van der Waals surface area contributed by atoms with Crippen molar-refractivity contribution >= 4 is 23.5 Å². The van der Waals surface area contributed by atoms with E-state index >= 15 is 0 Å². The van der Waals surface area contributed by atoms with Gasteiger partial charge in [-0.3, -0.25) is 4.79 Å². The maximum Gasteiger partial charge on any atom is 0.344 e. The fourth-order valence-electron chi connectivity index (χ4n) is 2.58. The van der Waals surface area contributed by atoms with Crippen molar-refractivity contribution in [1.82, 2.24) is 4.90 Å². The van der Waals surface area contributed by atoms with Crippen LogP contribution >= 0.6 is 11.6 Å². The molecule has 0 saturated carbocycles. The normalized spacial score (nSPS) is 11.8. The predicted molar refractivity (Wildman–Crippen MR) is 102 cm³/mol. The van der Waals surface area contributed by atoms with Crippen LogP contribution in [0.1, 0.15) is 12.5 Å². The van der Waals surface area contributed by atoms with E-state index < -0.39 is 5.97 Å². The van der Waals surface area contributed by atoms with Gasteiger partial charge in [0.15, 0.2) is 24.7 Å². The Hall–Kier alpha value is -2.93. The van der Waals surface area contributed by atoms with Crippen LogP contribution < -0.4 is 14.2 Å². The van der Waals surface area contributed by atoms with Crippen LogP contribution in [0.5, 0.6) is 17.2 Å². The number of rotatable bonds is 8. The third-order valence-corrected chi connectivity index (χ3v) is 4.32. The number of benzene rings is 2. The van der Waals surface area contributed by atoms with E-state index in [4.69, 9.17) is 30.5 Å². The number of esters is 1. The van der Waals surface area contributed by atoms with Crippen molar-refractivity contribution in [2.24, 2.45) is 0 Å². The van der Waals surface area contributed by atoms with E-state index in [-0.39, 0.29) is 25.9 Å². The van der Waals surface area contributed by atoms with Gasteiger partial charge in [0.1, 0.15) is 5.75 Å². The van der Waals surface area contributed by atoms with Gasteiger partial charge in [-0.1, -0.05) is 17.7 Å². The summed E-state index contributed by atoms with van der Waals surface area (Å²) in [7, 11) is 0. The Morgan fingerprint density at radius 3 is 2.57 bits per heavy atom. The summed E-state index contributed by atoms with van der Waals surface area (Å²) in [5.41, 5.74) is 0.900. The first-order chi connectivity index (χ1) is 13.5. The number of fused-ring (bicyclic) bond motifs is 1. The zero-order valence-electron chi connectivity index (χ0n) is 15.4. The highest BCUT2D eigenvalue weighted by Crippen LogP contribution is 2.32. The predicted octanol–water partition coefficient (Wildman–Crippen LogP) is 3.04. The summed E-state index contributed by atoms with van der Waals surface area (Å²) in [6.07, 6.45) is 0. The molecular formula is C20H20ClNO6. The summed E-state index contributed by atoms with van der Waals surface area (Å²) in [6.45, 7) is 2.28. The fraction of sp³-hybridized carbons (Fsp3) is 0.300. The maximum atomic E-state index is 12.4. The van der Waals surface area contributed by atoms with E-state index in [0.717, 1.165) is 5.56 Å². The molecule has 0 unspecified atom stereocenters. The highest BCUT2D eigenvalue weighted by Gasteiger charge is 2.18. The molecule has 0 N–H and O–H groups in total. The van der Waals surface area contributed by atoms with Crippen LogP contribution in [0.3, 0.4) is 0 Å². The molecule has 148 valence electrons. The molecule has 28 heavy (non-hydrogen) atoms. The minimum Gasteiger partial charge on any atom is -0.482 e. The minimum atomic E-state index is -0.623. The lowest BCUT2D eigenvalue weighted by molar-refractivity contribution is -0.153. The molecular weight excluding hydrogens is 386 g/mol. The van der Waals surface area contributed by atoms with Crippen LogP contribution in [-0.2, 0) is 20.9 Å². The third-order valence-electron chi connectivity index (χ3n) is 4.07. The van der Waals surface area contributed by atoms with Crippen molar-refractivity contribution in [3.05, 3.63) is 53.1 Å². The number of amides is 1. The molecule has 0 aliphatic carbocycles. The zero-order valence-corrected chi connectivity index (χ0v) is 16.1. The highest BCUT2D eigenvalue weighted by molar-refractivity contribution is 6.30. The summed E-state index contributed by atoms with van der Waals surface area (Å²) in [4.78, 5) is 25.8. The molecule has 1 aliphatic heterocycles. The second kappa shape index (κ2) is 9.32. The van der Waals surface area contributed by atoms with Gasteiger partial charge in [-0.15, -0.1) is 0 Å². The molecule has 0 saturated heterocycles. The van der Waals surface area contributed by atoms with Gasteiger partial charge in [-0.25, -0.2) is 4.79 Å². The molecule has 8 heteroatoms. The Morgan fingerprint density at radius 1 is 1.07 bits per heavy atom. The van der Waals surface area contributed by atoms with Gasteiger partial charge < -0.3 is 23.8 Å². The molecule has 1 aliphatic rings. The van der Waals surface area contributed by atoms with Crippen molar-refractivity contribution in [1.29, 1.82) is 0 Å². The number of hydrogen-bond donors (Lipinski definition) is 0. The van der Waals surface area contributed by atoms with E-state index in [1.165, 1.54) is 0 Å². The molecule has 3 rings (SSSR count). The van der Waals surface area contributed by atoms with Crippen LogP contribution in [0.4, 0.5) is 0 Å². The number of hydrogen-bond acceptors (Lipinski definition) is 6. The Labute approximate surface area is 167 Å². The molecule has 0 radical (unpaired) electrons. The molecule has 0 aromatic heterocycles. The number of carbonyl (C=O) groups excluding carboxylic acids is 2. The summed E-state index contributed by atoms with van der Waals surface area (Å²) >= 11 is 5.79. The molecule has 1 amide bonds. The van der Waals surface area contributed by atoms with E-state index in [1.54, 1.807) is 29.2 Å². The average molecular weight is 406 g/mol. The lowest BCUT2D eigenvalue weighted by Gasteiger charge is -2.21. The second-order valence-electron chi connectivity index (χ2n) is 6.00. The largest absolute Gasteiger partial charge is 0.482 e. The van der Waals surface area contributed by atoms with Crippen LogP contribution in [0.2, 0.25) is 5.02 Å². The van der Waals surface area contributed by atoms with Crippen molar-refractivity contribution in [2.45, 2.75) is 13.5 Å². The van der Waals surface area contributed by atoms with Gasteiger partial charge in [0.05, 0.1) is 0 Å². The first-order valence-corrected chi connectivity index (χ1v) is 9.13. The summed E-state index contributed by atoms with van der Waals surface area (Å²) in [6, 6.07) is 12.1. The monoisotopic (exact) mass is 405 g/mol. The Bertz CT molecular complexity index is 839. The van der Waals surface area contributed by atoms with Gasteiger partial charge >= 0.3 is 5.97 Å². The topological polar surface area (TPSA) is 74.3 Å². The molecule has 0 bridgehead atoms. The first-order valence-electron chi connectivity index (χ1n) is 8.75.